The van der Waals surface area contributed by atoms with Crippen molar-refractivity contribution in [2.75, 3.05) is 12.0 Å². The van der Waals surface area contributed by atoms with Crippen molar-refractivity contribution in [1.29, 1.82) is 0 Å². The van der Waals surface area contributed by atoms with Gasteiger partial charge < -0.3 is 15.2 Å². The summed E-state index contributed by atoms with van der Waals surface area (Å²) in [6.07, 6.45) is -6.43. The highest BCUT2D eigenvalue weighted by atomic mass is 35.5. The number of carbonyl (C=O) groups excluding carboxylic acids is 1. The van der Waals surface area contributed by atoms with Gasteiger partial charge in [-0.3, -0.25) is 4.79 Å². The van der Waals surface area contributed by atoms with Gasteiger partial charge in [-0.15, -0.1) is 0 Å². The number of nitrogens with one attached hydrogen (secondary N) is 1. The smallest absolute Gasteiger partial charge is 0.277 e. The summed E-state index contributed by atoms with van der Waals surface area (Å²) in [7, 11) is 0. The average molecular weight is 497 g/mol. The van der Waals surface area contributed by atoms with Gasteiger partial charge in [0.05, 0.1) is 28.1 Å². The highest BCUT2D eigenvalue weighted by molar-refractivity contribution is 6.31. The van der Waals surface area contributed by atoms with E-state index >= 15 is 4.39 Å². The number of aliphatic hydroxyl groups is 1. The predicted octanol–water partition coefficient (Wildman–Crippen LogP) is 6.14. The summed E-state index contributed by atoms with van der Waals surface area (Å²) < 4.78 is 59.8. The number of aromatic nitrogens is 1. The average Bonchev–Trinajstić information content (AvgIpc) is 2.79. The monoisotopic (exact) mass is 496 g/mol. The maximum atomic E-state index is 15.1. The van der Waals surface area contributed by atoms with Gasteiger partial charge in [0.1, 0.15) is 18.2 Å². The maximum Gasteiger partial charge on any atom is 0.277 e. The number of amides is 1. The van der Waals surface area contributed by atoms with Crippen molar-refractivity contribution in [2.24, 2.45) is 0 Å². The largest absolute Gasteiger partial charge is 0.481 e. The summed E-state index contributed by atoms with van der Waals surface area (Å²) in [5.74, 6) is -2.21. The molecule has 3 rings (SSSR count). The van der Waals surface area contributed by atoms with Gasteiger partial charge in [0.15, 0.2) is 6.10 Å². The molecule has 10 heteroatoms. The van der Waals surface area contributed by atoms with Crippen LogP contribution in [0.3, 0.4) is 0 Å². The quantitative estimate of drug-likeness (QED) is 0.368. The Morgan fingerprint density at radius 3 is 2.53 bits per heavy atom. The molecule has 0 spiro atoms. The number of para-hydroxylation sites is 1. The number of hydrogen-bond donors (Lipinski definition) is 2. The van der Waals surface area contributed by atoms with Crippen LogP contribution in [-0.4, -0.2) is 35.2 Å². The molecule has 0 fully saturated rings. The second-order valence-corrected chi connectivity index (χ2v) is 7.89. The van der Waals surface area contributed by atoms with E-state index in [0.29, 0.717) is 11.3 Å². The topological polar surface area (TPSA) is 71.5 Å². The summed E-state index contributed by atoms with van der Waals surface area (Å²) in [4.78, 5) is 17.0. The SMILES string of the molecule is Cc1ccccc1NC(=O)c1cc(F)c(-c2ccc(Cl)c(C(C)O)n2)cc1OC(CF)C(F)F. The number of rotatable bonds is 8. The number of nitrogens with zero attached hydrogens (tertiary/aromatic N) is 1. The Morgan fingerprint density at radius 2 is 1.91 bits per heavy atom. The number of anilines is 1. The summed E-state index contributed by atoms with van der Waals surface area (Å²) in [5, 5.41) is 12.6. The molecule has 0 bridgehead atoms. The third-order valence-corrected chi connectivity index (χ3v) is 5.28. The van der Waals surface area contributed by atoms with Crippen LogP contribution in [0.15, 0.2) is 48.5 Å². The fraction of sp³-hybridized carbons (Fsp3) is 0.250. The highest BCUT2D eigenvalue weighted by Gasteiger charge is 2.27. The van der Waals surface area contributed by atoms with Crippen LogP contribution >= 0.6 is 11.6 Å². The number of pyridine rings is 1. The first-order valence-electron chi connectivity index (χ1n) is 10.2. The van der Waals surface area contributed by atoms with Gasteiger partial charge in [0.25, 0.3) is 12.3 Å². The summed E-state index contributed by atoms with van der Waals surface area (Å²) in [6, 6.07) is 11.3. The van der Waals surface area contributed by atoms with Crippen molar-refractivity contribution in [1.82, 2.24) is 4.98 Å². The zero-order valence-electron chi connectivity index (χ0n) is 18.2. The van der Waals surface area contributed by atoms with Gasteiger partial charge >= 0.3 is 0 Å². The van der Waals surface area contributed by atoms with E-state index in [9.17, 15) is 23.1 Å². The maximum absolute atomic E-state index is 15.1. The van der Waals surface area contributed by atoms with Gasteiger partial charge in [-0.1, -0.05) is 29.8 Å². The molecule has 0 saturated heterocycles. The Morgan fingerprint density at radius 1 is 1.21 bits per heavy atom. The lowest BCUT2D eigenvalue weighted by atomic mass is 10.0. The van der Waals surface area contributed by atoms with E-state index < -0.39 is 48.3 Å². The fourth-order valence-corrected chi connectivity index (χ4v) is 3.40. The lowest BCUT2D eigenvalue weighted by molar-refractivity contribution is -0.00155. The van der Waals surface area contributed by atoms with Crippen molar-refractivity contribution in [2.45, 2.75) is 32.5 Å². The molecular weight excluding hydrogens is 476 g/mol. The van der Waals surface area contributed by atoms with Crippen LogP contribution in [0.5, 0.6) is 5.75 Å². The van der Waals surface area contributed by atoms with Crippen LogP contribution in [0, 0.1) is 12.7 Å². The van der Waals surface area contributed by atoms with Crippen LogP contribution in [-0.2, 0) is 0 Å². The van der Waals surface area contributed by atoms with E-state index in [1.807, 2.05) is 0 Å². The van der Waals surface area contributed by atoms with Crippen molar-refractivity contribution in [3.05, 3.63) is 76.2 Å². The van der Waals surface area contributed by atoms with Crippen molar-refractivity contribution < 1.29 is 32.2 Å². The van der Waals surface area contributed by atoms with E-state index in [2.05, 4.69) is 10.3 Å². The minimum absolute atomic E-state index is 0.00218. The third-order valence-electron chi connectivity index (χ3n) is 4.96. The molecule has 34 heavy (non-hydrogen) atoms. The second-order valence-electron chi connectivity index (χ2n) is 7.48. The van der Waals surface area contributed by atoms with E-state index in [1.54, 1.807) is 31.2 Å². The number of aliphatic hydroxyl groups excluding tert-OH is 1. The van der Waals surface area contributed by atoms with E-state index in [1.165, 1.54) is 19.1 Å². The molecule has 0 aliphatic rings. The summed E-state index contributed by atoms with van der Waals surface area (Å²) in [5.41, 5.74) is 0.570. The Bertz CT molecular complexity index is 1190. The zero-order chi connectivity index (χ0) is 25.0. The van der Waals surface area contributed by atoms with E-state index in [4.69, 9.17) is 16.3 Å². The minimum Gasteiger partial charge on any atom is -0.481 e. The molecule has 180 valence electrons. The standard InChI is InChI=1S/C24H21ClF4N2O3/c1-12-5-3-4-6-18(12)31-24(33)15-9-17(27)14(10-20(15)34-21(11-26)23(28)29)19-8-7-16(25)22(30-19)13(2)32/h3-10,13,21,23,32H,11H2,1-2H3,(H,31,33). The number of halogens is 5. The number of carbonyl (C=O) groups is 1. The fourth-order valence-electron chi connectivity index (χ4n) is 3.14. The lowest BCUT2D eigenvalue weighted by Crippen LogP contribution is -2.29. The molecular formula is C24H21ClF4N2O3. The molecule has 2 aromatic carbocycles. The Hall–Kier alpha value is -3.17. The molecule has 2 N–H and O–H groups in total. The van der Waals surface area contributed by atoms with Crippen LogP contribution in [0.2, 0.25) is 5.02 Å². The molecule has 5 nitrogen and oxygen atoms in total. The number of ether oxygens (including phenoxy) is 1. The Labute approximate surface area is 198 Å². The molecule has 0 radical (unpaired) electrons. The van der Waals surface area contributed by atoms with Gasteiger partial charge in [0.2, 0.25) is 0 Å². The van der Waals surface area contributed by atoms with Crippen molar-refractivity contribution in [3.63, 3.8) is 0 Å². The molecule has 2 unspecified atom stereocenters. The first-order chi connectivity index (χ1) is 16.1. The van der Waals surface area contributed by atoms with Gasteiger partial charge in [-0.2, -0.15) is 0 Å². The summed E-state index contributed by atoms with van der Waals surface area (Å²) >= 11 is 6.01. The first-order valence-corrected chi connectivity index (χ1v) is 10.6. The molecule has 0 saturated carbocycles. The zero-order valence-corrected chi connectivity index (χ0v) is 18.9. The van der Waals surface area contributed by atoms with Gasteiger partial charge in [-0.05, 0) is 49.7 Å². The first kappa shape index (κ1) is 25.5. The van der Waals surface area contributed by atoms with Crippen LogP contribution in [0.1, 0.15) is 34.6 Å². The number of aryl methyl sites for hydroxylation is 1. The third kappa shape index (κ3) is 5.66. The minimum atomic E-state index is -3.19. The molecule has 2 atom stereocenters. The molecule has 0 aliphatic carbocycles. The van der Waals surface area contributed by atoms with Crippen LogP contribution < -0.4 is 10.1 Å². The van der Waals surface area contributed by atoms with Gasteiger partial charge in [0, 0.05) is 11.3 Å². The van der Waals surface area contributed by atoms with E-state index in [-0.39, 0.29) is 22.0 Å². The number of benzene rings is 2. The lowest BCUT2D eigenvalue weighted by Gasteiger charge is -2.19. The molecule has 1 amide bonds. The van der Waals surface area contributed by atoms with Crippen molar-refractivity contribution in [3.8, 4) is 17.0 Å². The molecule has 1 heterocycles. The highest BCUT2D eigenvalue weighted by Crippen LogP contribution is 2.33. The Kier molecular flexibility index (Phi) is 8.11. The molecule has 3 aromatic rings. The van der Waals surface area contributed by atoms with Gasteiger partial charge in [-0.25, -0.2) is 22.5 Å². The number of hydrogen-bond acceptors (Lipinski definition) is 4. The van der Waals surface area contributed by atoms with E-state index in [0.717, 1.165) is 12.1 Å². The van der Waals surface area contributed by atoms with Crippen LogP contribution in [0.25, 0.3) is 11.3 Å². The van der Waals surface area contributed by atoms with Crippen molar-refractivity contribution >= 4 is 23.2 Å². The second kappa shape index (κ2) is 10.8. The Balaban J connectivity index is 2.11. The number of alkyl halides is 3. The molecule has 0 aliphatic heterocycles. The summed E-state index contributed by atoms with van der Waals surface area (Å²) in [6.45, 7) is 1.61. The van der Waals surface area contributed by atoms with Crippen LogP contribution in [0.4, 0.5) is 23.2 Å². The normalized spacial score (nSPS) is 13.0. The molecule has 1 aromatic heterocycles. The predicted molar refractivity (Wildman–Crippen MR) is 121 cm³/mol.